The molecule has 1 saturated carbocycles. The molecule has 1 aliphatic carbocycles. The summed E-state index contributed by atoms with van der Waals surface area (Å²) in [6, 6.07) is 6.35. The highest BCUT2D eigenvalue weighted by molar-refractivity contribution is 6.31. The van der Waals surface area contributed by atoms with Crippen LogP contribution in [0.2, 0.25) is 5.02 Å². The van der Waals surface area contributed by atoms with Gasteiger partial charge in [0.25, 0.3) is 0 Å². The third kappa shape index (κ3) is 2.77. The number of fused-ring (bicyclic) bond motifs is 1. The molecule has 3 rings (SSSR count). The molecule has 0 bridgehead atoms. The summed E-state index contributed by atoms with van der Waals surface area (Å²) in [6.45, 7) is 6.34. The number of imidazole rings is 1. The van der Waals surface area contributed by atoms with Crippen LogP contribution in [0.25, 0.3) is 11.0 Å². The van der Waals surface area contributed by atoms with Crippen molar-refractivity contribution in [3.63, 3.8) is 0 Å². The van der Waals surface area contributed by atoms with Crippen LogP contribution in [0.15, 0.2) is 18.2 Å². The van der Waals surface area contributed by atoms with E-state index in [1.165, 1.54) is 18.4 Å². The summed E-state index contributed by atoms with van der Waals surface area (Å²) in [5.41, 5.74) is 2.16. The zero-order valence-electron chi connectivity index (χ0n) is 11.5. The van der Waals surface area contributed by atoms with E-state index in [1.807, 2.05) is 12.1 Å². The van der Waals surface area contributed by atoms with Gasteiger partial charge in [-0.2, -0.15) is 0 Å². The fraction of sp³-hybridized carbons (Fsp3) is 0.533. The molecule has 19 heavy (non-hydrogen) atoms. The van der Waals surface area contributed by atoms with Gasteiger partial charge in [-0.15, -0.1) is 0 Å². The number of nitrogens with one attached hydrogen (secondary N) is 1. The Labute approximate surface area is 119 Å². The number of hydrogen-bond donors (Lipinski definition) is 1. The molecule has 1 fully saturated rings. The lowest BCUT2D eigenvalue weighted by Crippen LogP contribution is -2.20. The van der Waals surface area contributed by atoms with E-state index in [2.05, 4.69) is 29.8 Å². The average Bonchev–Trinajstić information content (AvgIpc) is 3.09. The number of rotatable bonds is 5. The topological polar surface area (TPSA) is 29.9 Å². The second-order valence-corrected chi connectivity index (χ2v) is 6.14. The van der Waals surface area contributed by atoms with Crippen LogP contribution in [0.1, 0.15) is 38.6 Å². The van der Waals surface area contributed by atoms with Gasteiger partial charge in [-0.05, 0) is 57.4 Å². The summed E-state index contributed by atoms with van der Waals surface area (Å²) in [5, 5.41) is 4.27. The summed E-state index contributed by atoms with van der Waals surface area (Å²) < 4.78 is 2.30. The van der Waals surface area contributed by atoms with E-state index in [9.17, 15) is 0 Å². The molecule has 1 heterocycles. The first-order valence-electron chi connectivity index (χ1n) is 7.02. The van der Waals surface area contributed by atoms with Crippen molar-refractivity contribution in [2.75, 3.05) is 6.54 Å². The van der Waals surface area contributed by atoms with Gasteiger partial charge in [0.2, 0.25) is 0 Å². The zero-order valence-corrected chi connectivity index (χ0v) is 12.2. The first-order chi connectivity index (χ1) is 9.15. The van der Waals surface area contributed by atoms with Gasteiger partial charge in [0, 0.05) is 11.1 Å². The molecule has 1 aliphatic rings. The van der Waals surface area contributed by atoms with Crippen LogP contribution in [-0.4, -0.2) is 16.1 Å². The number of aromatic nitrogens is 2. The fourth-order valence-electron chi connectivity index (χ4n) is 2.53. The maximum absolute atomic E-state index is 6.05. The van der Waals surface area contributed by atoms with Crippen LogP contribution in [0, 0.1) is 5.92 Å². The SMILES string of the molecule is CC(C)n1c(CNCC2CC2)nc2cc(Cl)ccc21. The van der Waals surface area contributed by atoms with Crippen molar-refractivity contribution in [3.05, 3.63) is 29.0 Å². The van der Waals surface area contributed by atoms with Crippen LogP contribution >= 0.6 is 11.6 Å². The highest BCUT2D eigenvalue weighted by Crippen LogP contribution is 2.28. The minimum absolute atomic E-state index is 0.406. The fourth-order valence-corrected chi connectivity index (χ4v) is 2.70. The quantitative estimate of drug-likeness (QED) is 0.902. The molecular weight excluding hydrogens is 258 g/mol. The normalized spacial score (nSPS) is 15.6. The van der Waals surface area contributed by atoms with Crippen molar-refractivity contribution in [1.29, 1.82) is 0 Å². The Balaban J connectivity index is 1.89. The van der Waals surface area contributed by atoms with E-state index < -0.39 is 0 Å². The molecule has 102 valence electrons. The molecule has 1 N–H and O–H groups in total. The maximum Gasteiger partial charge on any atom is 0.124 e. The molecule has 0 atom stereocenters. The monoisotopic (exact) mass is 277 g/mol. The van der Waals surface area contributed by atoms with Crippen molar-refractivity contribution >= 4 is 22.6 Å². The van der Waals surface area contributed by atoms with E-state index in [4.69, 9.17) is 16.6 Å². The first-order valence-corrected chi connectivity index (χ1v) is 7.40. The lowest BCUT2D eigenvalue weighted by Gasteiger charge is -2.13. The summed E-state index contributed by atoms with van der Waals surface area (Å²) >= 11 is 6.05. The Morgan fingerprint density at radius 3 is 2.89 bits per heavy atom. The van der Waals surface area contributed by atoms with E-state index in [1.54, 1.807) is 0 Å². The Bertz CT molecular complexity index is 584. The van der Waals surface area contributed by atoms with Gasteiger partial charge in [-0.1, -0.05) is 11.6 Å². The van der Waals surface area contributed by atoms with Crippen LogP contribution < -0.4 is 5.32 Å². The van der Waals surface area contributed by atoms with Crippen molar-refractivity contribution in [1.82, 2.24) is 14.9 Å². The van der Waals surface area contributed by atoms with Crippen LogP contribution in [0.3, 0.4) is 0 Å². The molecule has 4 heteroatoms. The van der Waals surface area contributed by atoms with Crippen molar-refractivity contribution in [3.8, 4) is 0 Å². The van der Waals surface area contributed by atoms with Crippen molar-refractivity contribution in [2.24, 2.45) is 5.92 Å². The molecule has 0 amide bonds. The lowest BCUT2D eigenvalue weighted by molar-refractivity contribution is 0.545. The Morgan fingerprint density at radius 1 is 1.42 bits per heavy atom. The van der Waals surface area contributed by atoms with E-state index >= 15 is 0 Å². The van der Waals surface area contributed by atoms with Crippen LogP contribution in [0.5, 0.6) is 0 Å². The molecule has 0 unspecified atom stereocenters. The summed E-state index contributed by atoms with van der Waals surface area (Å²) in [7, 11) is 0. The minimum Gasteiger partial charge on any atom is -0.324 e. The molecular formula is C15H20ClN3. The molecule has 0 radical (unpaired) electrons. The molecule has 2 aromatic rings. The zero-order chi connectivity index (χ0) is 13.4. The summed E-state index contributed by atoms with van der Waals surface area (Å²) in [6.07, 6.45) is 2.76. The summed E-state index contributed by atoms with van der Waals surface area (Å²) in [4.78, 5) is 4.73. The van der Waals surface area contributed by atoms with Crippen LogP contribution in [-0.2, 0) is 6.54 Å². The molecule has 1 aromatic carbocycles. The number of nitrogens with zero attached hydrogens (tertiary/aromatic N) is 2. The molecule has 0 aliphatic heterocycles. The second-order valence-electron chi connectivity index (χ2n) is 5.70. The van der Waals surface area contributed by atoms with Crippen molar-refractivity contribution in [2.45, 2.75) is 39.3 Å². The standard InChI is InChI=1S/C15H20ClN3/c1-10(2)19-14-6-5-12(16)7-13(14)18-15(19)9-17-8-11-3-4-11/h5-7,10-11,17H,3-4,8-9H2,1-2H3. The van der Waals surface area contributed by atoms with Gasteiger partial charge in [-0.25, -0.2) is 4.98 Å². The van der Waals surface area contributed by atoms with E-state index in [-0.39, 0.29) is 0 Å². The van der Waals surface area contributed by atoms with E-state index in [0.29, 0.717) is 6.04 Å². The van der Waals surface area contributed by atoms with Crippen LogP contribution in [0.4, 0.5) is 0 Å². The second kappa shape index (κ2) is 5.14. The van der Waals surface area contributed by atoms with E-state index in [0.717, 1.165) is 35.4 Å². The largest absolute Gasteiger partial charge is 0.324 e. The maximum atomic E-state index is 6.05. The number of hydrogen-bond acceptors (Lipinski definition) is 2. The van der Waals surface area contributed by atoms with Crippen molar-refractivity contribution < 1.29 is 0 Å². The molecule has 1 aromatic heterocycles. The van der Waals surface area contributed by atoms with Gasteiger partial charge in [0.15, 0.2) is 0 Å². The predicted molar refractivity (Wildman–Crippen MR) is 79.6 cm³/mol. The third-order valence-corrected chi connectivity index (χ3v) is 3.89. The number of benzene rings is 1. The minimum atomic E-state index is 0.406. The highest BCUT2D eigenvalue weighted by atomic mass is 35.5. The lowest BCUT2D eigenvalue weighted by atomic mass is 10.3. The van der Waals surface area contributed by atoms with Gasteiger partial charge in [0.05, 0.1) is 17.6 Å². The van der Waals surface area contributed by atoms with Gasteiger partial charge >= 0.3 is 0 Å². The average molecular weight is 278 g/mol. The highest BCUT2D eigenvalue weighted by Gasteiger charge is 2.21. The number of halogens is 1. The Hall–Kier alpha value is -1.06. The van der Waals surface area contributed by atoms with Gasteiger partial charge in [-0.3, -0.25) is 0 Å². The Kier molecular flexibility index (Phi) is 3.50. The first kappa shape index (κ1) is 12.9. The molecule has 3 nitrogen and oxygen atoms in total. The molecule has 0 saturated heterocycles. The Morgan fingerprint density at radius 2 is 2.21 bits per heavy atom. The smallest absolute Gasteiger partial charge is 0.124 e. The predicted octanol–water partition coefficient (Wildman–Crippen LogP) is 3.77. The third-order valence-electron chi connectivity index (χ3n) is 3.65. The van der Waals surface area contributed by atoms with Gasteiger partial charge < -0.3 is 9.88 Å². The van der Waals surface area contributed by atoms with Gasteiger partial charge in [0.1, 0.15) is 5.82 Å². The molecule has 0 spiro atoms. The summed E-state index contributed by atoms with van der Waals surface area (Å²) in [5.74, 6) is 2.00.